The SMILES string of the molecule is C=C(C)CC(=O)CCOCCC. The smallest absolute Gasteiger partial charge is 0.139 e. The van der Waals surface area contributed by atoms with Gasteiger partial charge in [0.15, 0.2) is 0 Å². The first-order chi connectivity index (χ1) is 5.66. The van der Waals surface area contributed by atoms with Gasteiger partial charge in [-0.25, -0.2) is 0 Å². The molecule has 0 aliphatic heterocycles. The Bertz CT molecular complexity index is 150. The van der Waals surface area contributed by atoms with Crippen LogP contribution in [0.15, 0.2) is 12.2 Å². The molecule has 2 nitrogen and oxygen atoms in total. The Morgan fingerprint density at radius 1 is 1.42 bits per heavy atom. The molecule has 0 aromatic carbocycles. The molecule has 0 spiro atoms. The Kier molecular flexibility index (Phi) is 6.67. The summed E-state index contributed by atoms with van der Waals surface area (Å²) in [5.41, 5.74) is 0.926. The first-order valence-electron chi connectivity index (χ1n) is 4.40. The first-order valence-corrected chi connectivity index (χ1v) is 4.40. The lowest BCUT2D eigenvalue weighted by molar-refractivity contribution is -0.119. The van der Waals surface area contributed by atoms with Crippen molar-refractivity contribution in [3.8, 4) is 0 Å². The van der Waals surface area contributed by atoms with Gasteiger partial charge in [0, 0.05) is 19.4 Å². The average molecular weight is 170 g/mol. The van der Waals surface area contributed by atoms with Crippen LogP contribution in [0, 0.1) is 0 Å². The van der Waals surface area contributed by atoms with Crippen molar-refractivity contribution in [2.24, 2.45) is 0 Å². The summed E-state index contributed by atoms with van der Waals surface area (Å²) in [6, 6.07) is 0. The van der Waals surface area contributed by atoms with Crippen LogP contribution in [-0.2, 0) is 9.53 Å². The second-order valence-corrected chi connectivity index (χ2v) is 3.03. The highest BCUT2D eigenvalue weighted by atomic mass is 16.5. The fourth-order valence-electron chi connectivity index (χ4n) is 0.857. The van der Waals surface area contributed by atoms with E-state index in [9.17, 15) is 4.79 Å². The van der Waals surface area contributed by atoms with Gasteiger partial charge in [-0.05, 0) is 13.3 Å². The minimum atomic E-state index is 0.221. The van der Waals surface area contributed by atoms with Gasteiger partial charge in [0.25, 0.3) is 0 Å². The lowest BCUT2D eigenvalue weighted by atomic mass is 10.1. The van der Waals surface area contributed by atoms with Crippen LogP contribution in [0.1, 0.15) is 33.1 Å². The van der Waals surface area contributed by atoms with E-state index in [0.29, 0.717) is 19.4 Å². The highest BCUT2D eigenvalue weighted by Gasteiger charge is 2.00. The Labute approximate surface area is 74.6 Å². The van der Waals surface area contributed by atoms with E-state index in [4.69, 9.17) is 4.74 Å². The molecule has 0 amide bonds. The molecule has 2 heteroatoms. The van der Waals surface area contributed by atoms with E-state index in [1.165, 1.54) is 0 Å². The van der Waals surface area contributed by atoms with Crippen LogP contribution in [0.5, 0.6) is 0 Å². The third-order valence-corrected chi connectivity index (χ3v) is 1.37. The van der Waals surface area contributed by atoms with Crippen molar-refractivity contribution in [3.63, 3.8) is 0 Å². The molecule has 0 aliphatic carbocycles. The monoisotopic (exact) mass is 170 g/mol. The molecular weight excluding hydrogens is 152 g/mol. The van der Waals surface area contributed by atoms with Crippen LogP contribution in [0.3, 0.4) is 0 Å². The summed E-state index contributed by atoms with van der Waals surface area (Å²) >= 11 is 0. The summed E-state index contributed by atoms with van der Waals surface area (Å²) in [6.45, 7) is 8.90. The van der Waals surface area contributed by atoms with Gasteiger partial charge in [0.05, 0.1) is 6.61 Å². The molecular formula is C10H18O2. The quantitative estimate of drug-likeness (QED) is 0.433. The van der Waals surface area contributed by atoms with Gasteiger partial charge in [-0.3, -0.25) is 4.79 Å². The molecule has 0 fully saturated rings. The van der Waals surface area contributed by atoms with E-state index in [-0.39, 0.29) is 5.78 Å². The number of ether oxygens (including phenoxy) is 1. The summed E-state index contributed by atoms with van der Waals surface area (Å²) in [4.78, 5) is 11.1. The highest BCUT2D eigenvalue weighted by Crippen LogP contribution is 1.99. The van der Waals surface area contributed by atoms with Crippen molar-refractivity contribution in [2.75, 3.05) is 13.2 Å². The van der Waals surface area contributed by atoms with Crippen LogP contribution in [0.25, 0.3) is 0 Å². The standard InChI is InChI=1S/C10H18O2/c1-4-6-12-7-5-10(11)8-9(2)3/h2,4-8H2,1,3H3. The third-order valence-electron chi connectivity index (χ3n) is 1.37. The molecule has 0 bridgehead atoms. The van der Waals surface area contributed by atoms with Gasteiger partial charge in [-0.15, -0.1) is 0 Å². The maximum absolute atomic E-state index is 11.1. The van der Waals surface area contributed by atoms with E-state index >= 15 is 0 Å². The average Bonchev–Trinajstić information content (AvgIpc) is 1.97. The largest absolute Gasteiger partial charge is 0.381 e. The summed E-state index contributed by atoms with van der Waals surface area (Å²) in [6.07, 6.45) is 2.02. The second kappa shape index (κ2) is 7.04. The predicted octanol–water partition coefficient (Wildman–Crippen LogP) is 2.34. The molecule has 0 radical (unpaired) electrons. The summed E-state index contributed by atoms with van der Waals surface area (Å²) in [7, 11) is 0. The van der Waals surface area contributed by atoms with Crippen molar-refractivity contribution in [3.05, 3.63) is 12.2 Å². The van der Waals surface area contributed by atoms with Gasteiger partial charge >= 0.3 is 0 Å². The molecule has 0 aromatic rings. The summed E-state index contributed by atoms with van der Waals surface area (Å²) in [5, 5.41) is 0. The highest BCUT2D eigenvalue weighted by molar-refractivity contribution is 5.80. The normalized spacial score (nSPS) is 9.83. The zero-order valence-electron chi connectivity index (χ0n) is 8.06. The number of allylic oxidation sites excluding steroid dienone is 1. The molecule has 0 aromatic heterocycles. The van der Waals surface area contributed by atoms with Crippen LogP contribution >= 0.6 is 0 Å². The third kappa shape index (κ3) is 7.48. The maximum atomic E-state index is 11.1. The van der Waals surface area contributed by atoms with Crippen LogP contribution in [-0.4, -0.2) is 19.0 Å². The van der Waals surface area contributed by atoms with E-state index < -0.39 is 0 Å². The molecule has 0 rings (SSSR count). The lowest BCUT2D eigenvalue weighted by Crippen LogP contribution is -2.04. The van der Waals surface area contributed by atoms with Crippen molar-refractivity contribution in [2.45, 2.75) is 33.1 Å². The van der Waals surface area contributed by atoms with E-state index in [1.807, 2.05) is 6.92 Å². The number of rotatable bonds is 7. The summed E-state index contributed by atoms with van der Waals surface area (Å²) in [5.74, 6) is 0.221. The molecule has 0 N–H and O–H groups in total. The number of Topliss-reactive ketones (excluding diaryl/α,β-unsaturated/α-hetero) is 1. The molecule has 70 valence electrons. The minimum absolute atomic E-state index is 0.221. The Morgan fingerprint density at radius 3 is 2.58 bits per heavy atom. The van der Waals surface area contributed by atoms with Gasteiger partial charge in [0.2, 0.25) is 0 Å². The second-order valence-electron chi connectivity index (χ2n) is 3.03. The summed E-state index contributed by atoms with van der Waals surface area (Å²) < 4.78 is 5.18. The predicted molar refractivity (Wildman–Crippen MR) is 50.2 cm³/mol. The zero-order valence-corrected chi connectivity index (χ0v) is 8.06. The fourth-order valence-corrected chi connectivity index (χ4v) is 0.857. The van der Waals surface area contributed by atoms with Gasteiger partial charge in [0.1, 0.15) is 5.78 Å². The van der Waals surface area contributed by atoms with Gasteiger partial charge < -0.3 is 4.74 Å². The lowest BCUT2D eigenvalue weighted by Gasteiger charge is -2.01. The van der Waals surface area contributed by atoms with Gasteiger partial charge in [-0.2, -0.15) is 0 Å². The molecule has 0 aliphatic rings. The Balaban J connectivity index is 3.26. The number of ketones is 1. The minimum Gasteiger partial charge on any atom is -0.381 e. The van der Waals surface area contributed by atoms with Gasteiger partial charge in [-0.1, -0.05) is 19.1 Å². The maximum Gasteiger partial charge on any atom is 0.139 e. The molecule has 0 atom stereocenters. The van der Waals surface area contributed by atoms with E-state index in [2.05, 4.69) is 13.5 Å². The van der Waals surface area contributed by atoms with E-state index in [0.717, 1.165) is 18.6 Å². The molecule has 0 saturated carbocycles. The Hall–Kier alpha value is -0.630. The number of hydrogen-bond acceptors (Lipinski definition) is 2. The number of carbonyl (C=O) groups excluding carboxylic acids is 1. The molecule has 0 heterocycles. The molecule has 12 heavy (non-hydrogen) atoms. The van der Waals surface area contributed by atoms with E-state index in [1.54, 1.807) is 0 Å². The van der Waals surface area contributed by atoms with Crippen LogP contribution < -0.4 is 0 Å². The number of hydrogen-bond donors (Lipinski definition) is 0. The fraction of sp³-hybridized carbons (Fsp3) is 0.700. The molecule has 0 unspecified atom stereocenters. The van der Waals surface area contributed by atoms with Crippen molar-refractivity contribution in [1.82, 2.24) is 0 Å². The Morgan fingerprint density at radius 2 is 2.08 bits per heavy atom. The van der Waals surface area contributed by atoms with Crippen LogP contribution in [0.4, 0.5) is 0 Å². The molecule has 0 saturated heterocycles. The number of carbonyl (C=O) groups is 1. The van der Waals surface area contributed by atoms with Crippen LogP contribution in [0.2, 0.25) is 0 Å². The van der Waals surface area contributed by atoms with Crippen molar-refractivity contribution >= 4 is 5.78 Å². The van der Waals surface area contributed by atoms with Crippen molar-refractivity contribution in [1.29, 1.82) is 0 Å². The first kappa shape index (κ1) is 11.4. The topological polar surface area (TPSA) is 26.3 Å². The zero-order chi connectivity index (χ0) is 9.40. The van der Waals surface area contributed by atoms with Crippen molar-refractivity contribution < 1.29 is 9.53 Å².